The molecule has 0 N–H and O–H groups in total. The van der Waals surface area contributed by atoms with E-state index in [1.165, 1.54) is 5.56 Å². The molecule has 0 aliphatic carbocycles. The maximum absolute atomic E-state index is 12.8. The number of hydrogen-bond donors (Lipinski definition) is 0. The van der Waals surface area contributed by atoms with E-state index >= 15 is 0 Å². The van der Waals surface area contributed by atoms with Gasteiger partial charge in [0, 0.05) is 25.7 Å². The third-order valence-electron chi connectivity index (χ3n) is 6.01. The lowest BCUT2D eigenvalue weighted by molar-refractivity contribution is -0.161. The smallest absolute Gasteiger partial charge is 0.257 e. The van der Waals surface area contributed by atoms with Crippen LogP contribution >= 0.6 is 12.4 Å². The minimum atomic E-state index is -0.465. The molecule has 2 fully saturated rings. The molecule has 0 saturated carbocycles. The van der Waals surface area contributed by atoms with Crippen LogP contribution in [0.25, 0.3) is 0 Å². The molecule has 1 aromatic heterocycles. The van der Waals surface area contributed by atoms with E-state index < -0.39 is 6.10 Å². The third-order valence-corrected chi connectivity index (χ3v) is 6.01. The first-order chi connectivity index (χ1) is 14.1. The van der Waals surface area contributed by atoms with Gasteiger partial charge >= 0.3 is 0 Å². The van der Waals surface area contributed by atoms with Gasteiger partial charge in [-0.25, -0.2) is 0 Å². The molecule has 1 aromatic carbocycles. The lowest BCUT2D eigenvalue weighted by Crippen LogP contribution is -2.61. The molecule has 0 radical (unpaired) electrons. The summed E-state index contributed by atoms with van der Waals surface area (Å²) in [6.07, 6.45) is 2.43. The predicted octanol–water partition coefficient (Wildman–Crippen LogP) is 3.34. The maximum Gasteiger partial charge on any atom is 0.257 e. The van der Waals surface area contributed by atoms with Crippen molar-refractivity contribution >= 4 is 24.1 Å². The maximum atomic E-state index is 12.8. The summed E-state index contributed by atoms with van der Waals surface area (Å²) in [4.78, 5) is 21.5. The van der Waals surface area contributed by atoms with Crippen LogP contribution in [-0.2, 0) is 16.0 Å². The van der Waals surface area contributed by atoms with Gasteiger partial charge in [0.2, 0.25) is 5.88 Å². The van der Waals surface area contributed by atoms with Crippen molar-refractivity contribution in [2.24, 2.45) is 0 Å². The van der Waals surface area contributed by atoms with Gasteiger partial charge < -0.3 is 14.4 Å². The van der Waals surface area contributed by atoms with Gasteiger partial charge in [-0.1, -0.05) is 36.4 Å². The largest absolute Gasteiger partial charge is 0.481 e. The molecule has 7 heteroatoms. The fourth-order valence-electron chi connectivity index (χ4n) is 4.30. The monoisotopic (exact) mass is 431 g/mol. The number of hydrogen-bond acceptors (Lipinski definition) is 5. The number of rotatable bonds is 5. The number of anilines is 1. The van der Waals surface area contributed by atoms with Gasteiger partial charge in [-0.2, -0.15) is 4.98 Å². The molecule has 0 bridgehead atoms. The number of carbonyl (C=O) groups is 1. The molecule has 2 saturated heterocycles. The van der Waals surface area contributed by atoms with E-state index in [1.807, 2.05) is 19.1 Å². The number of aromatic nitrogens is 1. The second-order valence-corrected chi connectivity index (χ2v) is 7.98. The molecule has 3 heterocycles. The Kier molecular flexibility index (Phi) is 7.34. The van der Waals surface area contributed by atoms with Crippen LogP contribution in [0.15, 0.2) is 48.5 Å². The van der Waals surface area contributed by atoms with E-state index in [1.54, 1.807) is 18.1 Å². The molecule has 1 atom stereocenters. The molecule has 1 unspecified atom stereocenters. The Hall–Kier alpha value is -2.15. The van der Waals surface area contributed by atoms with Gasteiger partial charge in [0.15, 0.2) is 0 Å². The zero-order valence-corrected chi connectivity index (χ0v) is 18.4. The zero-order chi connectivity index (χ0) is 20.3. The van der Waals surface area contributed by atoms with Crippen molar-refractivity contribution in [2.45, 2.75) is 37.9 Å². The molecular weight excluding hydrogens is 402 g/mol. The Labute approximate surface area is 184 Å². The Balaban J connectivity index is 0.00000256. The highest BCUT2D eigenvalue weighted by atomic mass is 35.5. The summed E-state index contributed by atoms with van der Waals surface area (Å²) < 4.78 is 11.5. The summed E-state index contributed by atoms with van der Waals surface area (Å²) in [5.41, 5.74) is 1.07. The van der Waals surface area contributed by atoms with Crippen molar-refractivity contribution in [1.29, 1.82) is 0 Å². The number of morpholine rings is 1. The van der Waals surface area contributed by atoms with Crippen molar-refractivity contribution in [1.82, 2.24) is 9.88 Å². The predicted molar refractivity (Wildman–Crippen MR) is 119 cm³/mol. The van der Waals surface area contributed by atoms with E-state index in [4.69, 9.17) is 9.47 Å². The highest BCUT2D eigenvalue weighted by molar-refractivity contribution is 5.96. The molecule has 4 rings (SSSR count). The molecule has 2 aromatic rings. The Bertz CT molecular complexity index is 841. The fourth-order valence-corrected chi connectivity index (χ4v) is 4.30. The molecule has 30 heavy (non-hydrogen) atoms. The summed E-state index contributed by atoms with van der Waals surface area (Å²) in [6.45, 7) is 5.40. The number of pyridine rings is 1. The van der Waals surface area contributed by atoms with Crippen LogP contribution in [0.3, 0.4) is 0 Å². The van der Waals surface area contributed by atoms with Gasteiger partial charge in [0.05, 0.1) is 19.3 Å². The van der Waals surface area contributed by atoms with Gasteiger partial charge in [0.25, 0.3) is 5.91 Å². The fraction of sp³-hybridized carbons (Fsp3) is 0.478. The molecular formula is C23H30ClN3O3. The summed E-state index contributed by atoms with van der Waals surface area (Å²) in [6, 6.07) is 16.1. The lowest BCUT2D eigenvalue weighted by Gasteiger charge is -2.48. The van der Waals surface area contributed by atoms with E-state index in [2.05, 4.69) is 40.2 Å². The summed E-state index contributed by atoms with van der Waals surface area (Å²) >= 11 is 0. The first-order valence-corrected chi connectivity index (χ1v) is 10.4. The van der Waals surface area contributed by atoms with Gasteiger partial charge in [0.1, 0.15) is 11.9 Å². The number of methoxy groups -OCH3 is 1. The molecule has 162 valence electrons. The number of benzene rings is 1. The van der Waals surface area contributed by atoms with Crippen molar-refractivity contribution < 1.29 is 14.3 Å². The number of ether oxygens (including phenoxy) is 2. The van der Waals surface area contributed by atoms with E-state index in [0.29, 0.717) is 18.2 Å². The molecule has 1 amide bonds. The first kappa shape index (κ1) is 22.5. The van der Waals surface area contributed by atoms with Crippen LogP contribution in [0, 0.1) is 0 Å². The average Bonchev–Trinajstić information content (AvgIpc) is 2.77. The number of halogens is 1. The van der Waals surface area contributed by atoms with E-state index in [-0.39, 0.29) is 23.9 Å². The van der Waals surface area contributed by atoms with E-state index in [9.17, 15) is 4.79 Å². The standard InChI is InChI=1S/C23H29N3O3.ClH/c1-18-22(27)26(20-9-6-10-21(24-20)28-2)17-23(29-18)12-15-25(16-13-23)14-11-19-7-4-3-5-8-19;/h3-10,18H,11-17H2,1-2H3;1H. The molecule has 6 nitrogen and oxygen atoms in total. The molecule has 2 aliphatic heterocycles. The number of piperidine rings is 1. The van der Waals surface area contributed by atoms with Crippen LogP contribution in [0.4, 0.5) is 5.82 Å². The third kappa shape index (κ3) is 4.94. The lowest BCUT2D eigenvalue weighted by atomic mass is 9.88. The number of carbonyl (C=O) groups excluding carboxylic acids is 1. The minimum absolute atomic E-state index is 0. The Morgan fingerprint density at radius 1 is 1.13 bits per heavy atom. The van der Waals surface area contributed by atoms with Crippen molar-refractivity contribution in [3.05, 3.63) is 54.1 Å². The van der Waals surface area contributed by atoms with Gasteiger partial charge in [-0.3, -0.25) is 9.69 Å². The summed E-state index contributed by atoms with van der Waals surface area (Å²) in [5, 5.41) is 0. The Morgan fingerprint density at radius 3 is 2.57 bits per heavy atom. The first-order valence-electron chi connectivity index (χ1n) is 10.4. The topological polar surface area (TPSA) is 54.9 Å². The zero-order valence-electron chi connectivity index (χ0n) is 17.6. The number of amides is 1. The minimum Gasteiger partial charge on any atom is -0.481 e. The van der Waals surface area contributed by atoms with Crippen LogP contribution in [-0.4, -0.2) is 60.8 Å². The highest BCUT2D eigenvalue weighted by Gasteiger charge is 2.46. The number of nitrogens with zero attached hydrogens (tertiary/aromatic N) is 3. The SMILES string of the molecule is COc1cccc(N2CC3(CCN(CCc4ccccc4)CC3)OC(C)C2=O)n1.Cl. The normalized spacial score (nSPS) is 21.3. The van der Waals surface area contributed by atoms with Gasteiger partial charge in [-0.05, 0) is 37.8 Å². The van der Waals surface area contributed by atoms with Crippen LogP contribution in [0.1, 0.15) is 25.3 Å². The molecule has 1 spiro atoms. The molecule has 2 aliphatic rings. The van der Waals surface area contributed by atoms with Crippen molar-refractivity contribution in [3.8, 4) is 5.88 Å². The van der Waals surface area contributed by atoms with Crippen LogP contribution in [0.2, 0.25) is 0 Å². The quantitative estimate of drug-likeness (QED) is 0.726. The average molecular weight is 432 g/mol. The van der Waals surface area contributed by atoms with Crippen molar-refractivity contribution in [3.63, 3.8) is 0 Å². The second kappa shape index (κ2) is 9.77. The second-order valence-electron chi connectivity index (χ2n) is 7.98. The van der Waals surface area contributed by atoms with Crippen LogP contribution in [0.5, 0.6) is 5.88 Å². The highest BCUT2D eigenvalue weighted by Crippen LogP contribution is 2.35. The van der Waals surface area contributed by atoms with Gasteiger partial charge in [-0.15, -0.1) is 12.4 Å². The van der Waals surface area contributed by atoms with E-state index in [0.717, 1.165) is 38.9 Å². The van der Waals surface area contributed by atoms with Crippen LogP contribution < -0.4 is 9.64 Å². The number of likely N-dealkylation sites (tertiary alicyclic amines) is 1. The summed E-state index contributed by atoms with van der Waals surface area (Å²) in [5.74, 6) is 1.11. The summed E-state index contributed by atoms with van der Waals surface area (Å²) in [7, 11) is 1.59. The van der Waals surface area contributed by atoms with Crippen molar-refractivity contribution in [2.75, 3.05) is 38.2 Å². The Morgan fingerprint density at radius 2 is 1.87 bits per heavy atom.